The number of benzene rings is 1. The molecular formula is C16H20N2. The van der Waals surface area contributed by atoms with Crippen LogP contribution in [0.5, 0.6) is 0 Å². The second-order valence-electron chi connectivity index (χ2n) is 4.62. The fraction of sp³-hybridized carbons (Fsp3) is 0.312. The summed E-state index contributed by atoms with van der Waals surface area (Å²) in [6.07, 6.45) is 0. The number of aryl methyl sites for hydroxylation is 2. The summed E-state index contributed by atoms with van der Waals surface area (Å²) < 4.78 is 0. The number of hydrogen-bond acceptors (Lipinski definition) is 2. The van der Waals surface area contributed by atoms with Crippen molar-refractivity contribution in [3.63, 3.8) is 0 Å². The SMILES string of the molecule is CCNCc1ccc(-c2cc(C)nc(C)c2)cc1. The largest absolute Gasteiger partial charge is 0.313 e. The Kier molecular flexibility index (Phi) is 4.11. The Labute approximate surface area is 109 Å². The van der Waals surface area contributed by atoms with Gasteiger partial charge < -0.3 is 5.32 Å². The highest BCUT2D eigenvalue weighted by molar-refractivity contribution is 5.64. The molecule has 0 unspecified atom stereocenters. The predicted octanol–water partition coefficient (Wildman–Crippen LogP) is 3.47. The Morgan fingerprint density at radius 2 is 1.56 bits per heavy atom. The van der Waals surface area contributed by atoms with Gasteiger partial charge in [-0.2, -0.15) is 0 Å². The predicted molar refractivity (Wildman–Crippen MR) is 76.5 cm³/mol. The molecule has 0 fully saturated rings. The van der Waals surface area contributed by atoms with E-state index in [4.69, 9.17) is 0 Å². The maximum atomic E-state index is 4.41. The van der Waals surface area contributed by atoms with Crippen LogP contribution in [0.15, 0.2) is 36.4 Å². The van der Waals surface area contributed by atoms with E-state index in [1.807, 2.05) is 13.8 Å². The van der Waals surface area contributed by atoms with Crippen LogP contribution in [0.3, 0.4) is 0 Å². The molecular weight excluding hydrogens is 220 g/mol. The van der Waals surface area contributed by atoms with Crippen molar-refractivity contribution < 1.29 is 0 Å². The van der Waals surface area contributed by atoms with Gasteiger partial charge in [0.15, 0.2) is 0 Å². The van der Waals surface area contributed by atoms with Crippen LogP contribution in [-0.4, -0.2) is 11.5 Å². The summed E-state index contributed by atoms with van der Waals surface area (Å²) in [5, 5.41) is 3.33. The highest BCUT2D eigenvalue weighted by Gasteiger charge is 2.00. The molecule has 2 nitrogen and oxygen atoms in total. The number of aromatic nitrogens is 1. The Hall–Kier alpha value is -1.67. The van der Waals surface area contributed by atoms with Gasteiger partial charge in [0.25, 0.3) is 0 Å². The first kappa shape index (κ1) is 12.8. The zero-order valence-electron chi connectivity index (χ0n) is 11.3. The fourth-order valence-electron chi connectivity index (χ4n) is 2.09. The number of rotatable bonds is 4. The monoisotopic (exact) mass is 240 g/mol. The van der Waals surface area contributed by atoms with Crippen LogP contribution in [0.2, 0.25) is 0 Å². The lowest BCUT2D eigenvalue weighted by molar-refractivity contribution is 0.727. The van der Waals surface area contributed by atoms with E-state index in [1.54, 1.807) is 0 Å². The molecule has 18 heavy (non-hydrogen) atoms. The lowest BCUT2D eigenvalue weighted by Crippen LogP contribution is -2.11. The number of nitrogens with zero attached hydrogens (tertiary/aromatic N) is 1. The van der Waals surface area contributed by atoms with Crippen LogP contribution in [-0.2, 0) is 6.54 Å². The molecule has 2 aromatic rings. The van der Waals surface area contributed by atoms with Gasteiger partial charge in [-0.1, -0.05) is 31.2 Å². The quantitative estimate of drug-likeness (QED) is 0.885. The second kappa shape index (κ2) is 5.78. The van der Waals surface area contributed by atoms with Crippen molar-refractivity contribution in [3.8, 4) is 11.1 Å². The first-order chi connectivity index (χ1) is 8.69. The van der Waals surface area contributed by atoms with Crippen LogP contribution in [0.25, 0.3) is 11.1 Å². The van der Waals surface area contributed by atoms with Crippen LogP contribution >= 0.6 is 0 Å². The van der Waals surface area contributed by atoms with E-state index < -0.39 is 0 Å². The average Bonchev–Trinajstić information content (AvgIpc) is 2.36. The van der Waals surface area contributed by atoms with Gasteiger partial charge in [-0.05, 0) is 49.2 Å². The van der Waals surface area contributed by atoms with E-state index in [0.29, 0.717) is 0 Å². The Morgan fingerprint density at radius 3 is 2.11 bits per heavy atom. The minimum Gasteiger partial charge on any atom is -0.313 e. The second-order valence-corrected chi connectivity index (χ2v) is 4.62. The number of pyridine rings is 1. The maximum Gasteiger partial charge on any atom is 0.0382 e. The Balaban J connectivity index is 2.23. The molecule has 0 bridgehead atoms. The summed E-state index contributed by atoms with van der Waals surface area (Å²) in [4.78, 5) is 4.41. The van der Waals surface area contributed by atoms with Crippen molar-refractivity contribution in [2.24, 2.45) is 0 Å². The summed E-state index contributed by atoms with van der Waals surface area (Å²) >= 11 is 0. The highest BCUT2D eigenvalue weighted by atomic mass is 14.8. The Bertz CT molecular complexity index is 495. The molecule has 0 amide bonds. The lowest BCUT2D eigenvalue weighted by atomic mass is 10.0. The van der Waals surface area contributed by atoms with Gasteiger partial charge >= 0.3 is 0 Å². The van der Waals surface area contributed by atoms with E-state index >= 15 is 0 Å². The molecule has 0 saturated heterocycles. The van der Waals surface area contributed by atoms with Gasteiger partial charge in [0.1, 0.15) is 0 Å². The van der Waals surface area contributed by atoms with Crippen molar-refractivity contribution in [3.05, 3.63) is 53.3 Å². The zero-order valence-corrected chi connectivity index (χ0v) is 11.3. The third-order valence-corrected chi connectivity index (χ3v) is 2.95. The van der Waals surface area contributed by atoms with Crippen molar-refractivity contribution in [2.75, 3.05) is 6.54 Å². The smallest absolute Gasteiger partial charge is 0.0382 e. The molecule has 0 aliphatic carbocycles. The molecule has 94 valence electrons. The normalized spacial score (nSPS) is 10.6. The van der Waals surface area contributed by atoms with E-state index in [9.17, 15) is 0 Å². The molecule has 0 radical (unpaired) electrons. The molecule has 2 rings (SSSR count). The third kappa shape index (κ3) is 3.17. The average molecular weight is 240 g/mol. The minimum absolute atomic E-state index is 0.936. The standard InChI is InChI=1S/C16H20N2/c1-4-17-11-14-5-7-15(8-6-14)16-9-12(2)18-13(3)10-16/h5-10,17H,4,11H2,1-3H3. The molecule has 1 aromatic heterocycles. The van der Waals surface area contributed by atoms with E-state index in [2.05, 4.69) is 53.6 Å². The minimum atomic E-state index is 0.936. The van der Waals surface area contributed by atoms with Crippen LogP contribution in [0.1, 0.15) is 23.9 Å². The molecule has 1 N–H and O–H groups in total. The van der Waals surface area contributed by atoms with E-state index in [1.165, 1.54) is 16.7 Å². The molecule has 0 saturated carbocycles. The highest BCUT2D eigenvalue weighted by Crippen LogP contribution is 2.21. The molecule has 0 spiro atoms. The molecule has 0 aliphatic heterocycles. The van der Waals surface area contributed by atoms with Crippen LogP contribution in [0.4, 0.5) is 0 Å². The van der Waals surface area contributed by atoms with Crippen LogP contribution in [0, 0.1) is 13.8 Å². The first-order valence-corrected chi connectivity index (χ1v) is 6.44. The summed E-state index contributed by atoms with van der Waals surface area (Å²) in [7, 11) is 0. The maximum absolute atomic E-state index is 4.41. The van der Waals surface area contributed by atoms with E-state index in [-0.39, 0.29) is 0 Å². The molecule has 1 heterocycles. The van der Waals surface area contributed by atoms with Gasteiger partial charge in [0, 0.05) is 17.9 Å². The van der Waals surface area contributed by atoms with Crippen molar-refractivity contribution in [1.29, 1.82) is 0 Å². The van der Waals surface area contributed by atoms with Crippen molar-refractivity contribution in [2.45, 2.75) is 27.3 Å². The van der Waals surface area contributed by atoms with Gasteiger partial charge in [0.05, 0.1) is 0 Å². The molecule has 2 heteroatoms. The summed E-state index contributed by atoms with van der Waals surface area (Å²) in [6, 6.07) is 13.0. The van der Waals surface area contributed by atoms with Crippen molar-refractivity contribution >= 4 is 0 Å². The summed E-state index contributed by atoms with van der Waals surface area (Å²) in [5.41, 5.74) is 5.96. The molecule has 1 aromatic carbocycles. The van der Waals surface area contributed by atoms with Gasteiger partial charge in [0.2, 0.25) is 0 Å². The van der Waals surface area contributed by atoms with Gasteiger partial charge in [-0.15, -0.1) is 0 Å². The van der Waals surface area contributed by atoms with E-state index in [0.717, 1.165) is 24.5 Å². The van der Waals surface area contributed by atoms with Crippen molar-refractivity contribution in [1.82, 2.24) is 10.3 Å². The topological polar surface area (TPSA) is 24.9 Å². The molecule has 0 aliphatic rings. The zero-order chi connectivity index (χ0) is 13.0. The third-order valence-electron chi connectivity index (χ3n) is 2.95. The fourth-order valence-corrected chi connectivity index (χ4v) is 2.09. The lowest BCUT2D eigenvalue weighted by Gasteiger charge is -2.07. The Morgan fingerprint density at radius 1 is 0.944 bits per heavy atom. The summed E-state index contributed by atoms with van der Waals surface area (Å²) in [5.74, 6) is 0. The number of hydrogen-bond donors (Lipinski definition) is 1. The molecule has 0 atom stereocenters. The summed E-state index contributed by atoms with van der Waals surface area (Å²) in [6.45, 7) is 8.14. The van der Waals surface area contributed by atoms with Gasteiger partial charge in [-0.25, -0.2) is 0 Å². The first-order valence-electron chi connectivity index (χ1n) is 6.44. The van der Waals surface area contributed by atoms with Crippen LogP contribution < -0.4 is 5.32 Å². The number of nitrogens with one attached hydrogen (secondary N) is 1. The van der Waals surface area contributed by atoms with Gasteiger partial charge in [-0.3, -0.25) is 4.98 Å².